The van der Waals surface area contributed by atoms with Crippen molar-refractivity contribution in [3.05, 3.63) is 54.8 Å². The van der Waals surface area contributed by atoms with Crippen molar-refractivity contribution in [2.45, 2.75) is 0 Å². The number of hydrogen-bond donors (Lipinski definition) is 1. The van der Waals surface area contributed by atoms with Crippen LogP contribution >= 0.6 is 0 Å². The van der Waals surface area contributed by atoms with Gasteiger partial charge in [0, 0.05) is 18.9 Å². The number of pyridine rings is 1. The zero-order valence-electron chi connectivity index (χ0n) is 8.26. The van der Waals surface area contributed by atoms with E-state index in [1.165, 1.54) is 0 Å². The van der Waals surface area contributed by atoms with Crippen molar-refractivity contribution < 1.29 is 4.42 Å². The molecule has 0 fully saturated rings. The molecule has 0 spiro atoms. The van der Waals surface area contributed by atoms with Gasteiger partial charge in [-0.3, -0.25) is 4.98 Å². The van der Waals surface area contributed by atoms with Crippen molar-refractivity contribution in [1.82, 2.24) is 4.98 Å². The van der Waals surface area contributed by atoms with E-state index in [1.54, 1.807) is 18.7 Å². The van der Waals surface area contributed by atoms with Gasteiger partial charge < -0.3 is 9.73 Å². The minimum atomic E-state index is 0.756. The second-order valence-electron chi connectivity index (χ2n) is 3.04. The molecular weight excluding hydrogens is 188 g/mol. The molecule has 0 bridgehead atoms. The van der Waals surface area contributed by atoms with Gasteiger partial charge in [0.1, 0.15) is 5.76 Å². The number of furan rings is 1. The molecule has 0 atom stereocenters. The summed E-state index contributed by atoms with van der Waals surface area (Å²) in [6.45, 7) is 0.756. The van der Waals surface area contributed by atoms with Crippen LogP contribution in [-0.4, -0.2) is 11.5 Å². The summed E-state index contributed by atoms with van der Waals surface area (Å²) >= 11 is 0. The lowest BCUT2D eigenvalue weighted by Crippen LogP contribution is -1.97. The normalized spacial score (nSPS) is 10.7. The van der Waals surface area contributed by atoms with E-state index in [-0.39, 0.29) is 0 Å². The first-order valence-electron chi connectivity index (χ1n) is 4.79. The molecule has 2 aromatic rings. The van der Waals surface area contributed by atoms with E-state index in [0.717, 1.165) is 18.0 Å². The fraction of sp³-hybridized carbons (Fsp3) is 0.0833. The van der Waals surface area contributed by atoms with Crippen molar-refractivity contribution in [1.29, 1.82) is 0 Å². The molecule has 2 aromatic heterocycles. The van der Waals surface area contributed by atoms with Crippen LogP contribution in [0.1, 0.15) is 5.76 Å². The number of rotatable bonds is 4. The Hall–Kier alpha value is -2.03. The van der Waals surface area contributed by atoms with Crippen molar-refractivity contribution in [2.24, 2.45) is 0 Å². The predicted molar refractivity (Wildman–Crippen MR) is 60.5 cm³/mol. The molecule has 0 aromatic carbocycles. The van der Waals surface area contributed by atoms with Crippen molar-refractivity contribution >= 4 is 11.8 Å². The second kappa shape index (κ2) is 5.00. The van der Waals surface area contributed by atoms with E-state index in [0.29, 0.717) is 0 Å². The molecule has 1 N–H and O–H groups in total. The third-order valence-electron chi connectivity index (χ3n) is 1.91. The highest BCUT2D eigenvalue weighted by molar-refractivity contribution is 5.45. The Kier molecular flexibility index (Phi) is 3.18. The smallest absolute Gasteiger partial charge is 0.126 e. The summed E-state index contributed by atoms with van der Waals surface area (Å²) in [7, 11) is 0. The zero-order valence-corrected chi connectivity index (χ0v) is 8.26. The van der Waals surface area contributed by atoms with Crippen LogP contribution < -0.4 is 5.32 Å². The van der Waals surface area contributed by atoms with Crippen molar-refractivity contribution in [3.63, 3.8) is 0 Å². The van der Waals surface area contributed by atoms with Crippen LogP contribution in [0.4, 0.5) is 5.69 Å². The van der Waals surface area contributed by atoms with E-state index >= 15 is 0 Å². The van der Waals surface area contributed by atoms with Crippen LogP contribution in [0.25, 0.3) is 6.08 Å². The fourth-order valence-corrected chi connectivity index (χ4v) is 1.21. The van der Waals surface area contributed by atoms with Gasteiger partial charge in [-0.15, -0.1) is 0 Å². The lowest BCUT2D eigenvalue weighted by Gasteiger charge is -2.00. The molecular formula is C12H12N2O. The van der Waals surface area contributed by atoms with Crippen molar-refractivity contribution in [2.75, 3.05) is 11.9 Å². The first-order valence-corrected chi connectivity index (χ1v) is 4.79. The highest BCUT2D eigenvalue weighted by Gasteiger charge is 1.88. The molecule has 0 aliphatic carbocycles. The number of hydrogen-bond acceptors (Lipinski definition) is 3. The van der Waals surface area contributed by atoms with Crippen LogP contribution in [0.5, 0.6) is 0 Å². The molecule has 2 heterocycles. The van der Waals surface area contributed by atoms with E-state index in [2.05, 4.69) is 10.3 Å². The number of nitrogens with zero attached hydrogens (tertiary/aromatic N) is 1. The molecule has 0 saturated heterocycles. The Balaban J connectivity index is 1.80. The minimum absolute atomic E-state index is 0.756. The summed E-state index contributed by atoms with van der Waals surface area (Å²) in [5.41, 5.74) is 1.02. The highest BCUT2D eigenvalue weighted by Crippen LogP contribution is 2.04. The van der Waals surface area contributed by atoms with E-state index < -0.39 is 0 Å². The van der Waals surface area contributed by atoms with Crippen LogP contribution in [0, 0.1) is 0 Å². The number of nitrogens with one attached hydrogen (secondary N) is 1. The SMILES string of the molecule is C(=C\c1ccco1)/CNc1cccnc1. The maximum absolute atomic E-state index is 5.16. The zero-order chi connectivity index (χ0) is 10.3. The largest absolute Gasteiger partial charge is 0.465 e. The number of aromatic nitrogens is 1. The lowest BCUT2D eigenvalue weighted by molar-refractivity contribution is 0.557. The molecule has 3 nitrogen and oxygen atoms in total. The Labute approximate surface area is 88.5 Å². The molecule has 2 rings (SSSR count). The Morgan fingerprint density at radius 3 is 3.07 bits per heavy atom. The third-order valence-corrected chi connectivity index (χ3v) is 1.91. The first-order chi connectivity index (χ1) is 7.45. The average molecular weight is 200 g/mol. The second-order valence-corrected chi connectivity index (χ2v) is 3.04. The van der Waals surface area contributed by atoms with Gasteiger partial charge in [-0.2, -0.15) is 0 Å². The summed E-state index contributed by atoms with van der Waals surface area (Å²) in [5.74, 6) is 0.864. The van der Waals surface area contributed by atoms with Gasteiger partial charge in [-0.25, -0.2) is 0 Å². The topological polar surface area (TPSA) is 38.1 Å². The highest BCUT2D eigenvalue weighted by atomic mass is 16.3. The Bertz CT molecular complexity index is 406. The summed E-state index contributed by atoms with van der Waals surface area (Å²) in [4.78, 5) is 4.01. The van der Waals surface area contributed by atoms with Gasteiger partial charge in [0.25, 0.3) is 0 Å². The summed E-state index contributed by atoms with van der Waals surface area (Å²) in [6, 6.07) is 7.67. The van der Waals surface area contributed by atoms with Gasteiger partial charge in [0.15, 0.2) is 0 Å². The number of anilines is 1. The molecule has 15 heavy (non-hydrogen) atoms. The third kappa shape index (κ3) is 2.98. The van der Waals surface area contributed by atoms with Gasteiger partial charge in [-0.1, -0.05) is 6.08 Å². The van der Waals surface area contributed by atoms with E-state index in [4.69, 9.17) is 4.42 Å². The Morgan fingerprint density at radius 2 is 2.33 bits per heavy atom. The van der Waals surface area contributed by atoms with Crippen molar-refractivity contribution in [3.8, 4) is 0 Å². The molecule has 0 unspecified atom stereocenters. The minimum Gasteiger partial charge on any atom is -0.465 e. The molecule has 76 valence electrons. The summed E-state index contributed by atoms with van der Waals surface area (Å²) < 4.78 is 5.16. The monoisotopic (exact) mass is 200 g/mol. The van der Waals surface area contributed by atoms with Crippen LogP contribution in [-0.2, 0) is 0 Å². The Morgan fingerprint density at radius 1 is 1.33 bits per heavy atom. The van der Waals surface area contributed by atoms with Crippen LogP contribution in [0.3, 0.4) is 0 Å². The lowest BCUT2D eigenvalue weighted by atomic mass is 10.4. The molecule has 0 amide bonds. The molecule has 0 aliphatic heterocycles. The van der Waals surface area contributed by atoms with Gasteiger partial charge in [0.05, 0.1) is 12.0 Å². The summed E-state index contributed by atoms with van der Waals surface area (Å²) in [5, 5.41) is 3.22. The summed E-state index contributed by atoms with van der Waals surface area (Å²) in [6.07, 6.45) is 9.15. The average Bonchev–Trinajstić information content (AvgIpc) is 2.79. The fourth-order valence-electron chi connectivity index (χ4n) is 1.21. The van der Waals surface area contributed by atoms with E-state index in [9.17, 15) is 0 Å². The van der Waals surface area contributed by atoms with Gasteiger partial charge in [-0.05, 0) is 30.3 Å². The maximum Gasteiger partial charge on any atom is 0.126 e. The maximum atomic E-state index is 5.16. The van der Waals surface area contributed by atoms with Gasteiger partial charge in [0.2, 0.25) is 0 Å². The molecule has 0 saturated carbocycles. The predicted octanol–water partition coefficient (Wildman–Crippen LogP) is 2.80. The van der Waals surface area contributed by atoms with Crippen LogP contribution in [0.15, 0.2) is 53.4 Å². The molecule has 0 radical (unpaired) electrons. The van der Waals surface area contributed by atoms with Gasteiger partial charge >= 0.3 is 0 Å². The quantitative estimate of drug-likeness (QED) is 0.824. The molecule has 3 heteroatoms. The van der Waals surface area contributed by atoms with E-state index in [1.807, 2.05) is 36.4 Å². The molecule has 0 aliphatic rings. The first kappa shape index (κ1) is 9.52. The standard InChI is InChI=1S/C12H12N2O/c1-4-11(10-13-7-1)14-8-2-5-12-6-3-9-15-12/h1-7,9-10,14H,8H2/b5-2+. The van der Waals surface area contributed by atoms with Crippen LogP contribution in [0.2, 0.25) is 0 Å².